The van der Waals surface area contributed by atoms with E-state index < -0.39 is 0 Å². The van der Waals surface area contributed by atoms with E-state index >= 15 is 0 Å². The minimum absolute atomic E-state index is 0.195. The Kier molecular flexibility index (Phi) is 3.06. The normalized spacial score (nSPS) is 19.5. The molecule has 2 amide bonds. The van der Waals surface area contributed by atoms with Gasteiger partial charge in [-0.15, -0.1) is 0 Å². The Bertz CT molecular complexity index is 684. The molecule has 1 aromatic carbocycles. The van der Waals surface area contributed by atoms with Crippen molar-refractivity contribution >= 4 is 38.6 Å². The zero-order chi connectivity index (χ0) is 13.4. The van der Waals surface area contributed by atoms with Crippen LogP contribution in [0.15, 0.2) is 34.9 Å². The zero-order valence-corrected chi connectivity index (χ0v) is 11.6. The number of carbonyl (C=O) groups is 2. The van der Waals surface area contributed by atoms with Crippen LogP contribution >= 0.6 is 15.9 Å². The third-order valence-corrected chi connectivity index (χ3v) is 3.99. The van der Waals surface area contributed by atoms with Gasteiger partial charge in [-0.2, -0.15) is 0 Å². The summed E-state index contributed by atoms with van der Waals surface area (Å²) in [4.78, 5) is 27.4. The van der Waals surface area contributed by atoms with Gasteiger partial charge in [0.05, 0.1) is 11.4 Å². The lowest BCUT2D eigenvalue weighted by atomic mass is 9.90. The van der Waals surface area contributed by atoms with Gasteiger partial charge in [0, 0.05) is 22.5 Å². The minimum atomic E-state index is -0.277. The molecule has 1 N–H and O–H groups in total. The molecule has 1 unspecified atom stereocenters. The van der Waals surface area contributed by atoms with Gasteiger partial charge >= 0.3 is 0 Å². The maximum Gasteiger partial charge on any atom is 0.234 e. The summed E-state index contributed by atoms with van der Waals surface area (Å²) in [5.74, 6) is -0.696. The third kappa shape index (κ3) is 2.26. The number of nitrogens with one attached hydrogen (secondary N) is 1. The molecule has 19 heavy (non-hydrogen) atoms. The molecule has 2 heterocycles. The van der Waals surface area contributed by atoms with Crippen LogP contribution in [0.1, 0.15) is 24.3 Å². The highest BCUT2D eigenvalue weighted by atomic mass is 79.9. The Morgan fingerprint density at radius 3 is 2.95 bits per heavy atom. The van der Waals surface area contributed by atoms with Gasteiger partial charge in [0.1, 0.15) is 0 Å². The second-order valence-corrected chi connectivity index (χ2v) is 5.43. The van der Waals surface area contributed by atoms with Crippen LogP contribution in [0.4, 0.5) is 0 Å². The van der Waals surface area contributed by atoms with E-state index in [0.29, 0.717) is 12.8 Å². The number of nitrogens with zero attached hydrogens (tertiary/aromatic N) is 1. The molecule has 1 fully saturated rings. The van der Waals surface area contributed by atoms with Gasteiger partial charge in [0.15, 0.2) is 0 Å². The maximum absolute atomic E-state index is 11.9. The van der Waals surface area contributed by atoms with E-state index in [2.05, 4.69) is 26.2 Å². The van der Waals surface area contributed by atoms with E-state index in [1.165, 1.54) is 0 Å². The second kappa shape index (κ2) is 4.74. The molecule has 0 bridgehead atoms. The second-order valence-electron chi connectivity index (χ2n) is 4.58. The first kappa shape index (κ1) is 12.3. The number of hydrogen-bond acceptors (Lipinski definition) is 3. The predicted molar refractivity (Wildman–Crippen MR) is 74.6 cm³/mol. The summed E-state index contributed by atoms with van der Waals surface area (Å²) in [6.45, 7) is 0. The SMILES string of the molecule is O=C1CCC(c2cc(Br)c3cccnc3c2)C(=O)N1. The molecule has 4 nitrogen and oxygen atoms in total. The fourth-order valence-electron chi connectivity index (χ4n) is 2.37. The average molecular weight is 319 g/mol. The average Bonchev–Trinajstić information content (AvgIpc) is 2.38. The Morgan fingerprint density at radius 2 is 2.16 bits per heavy atom. The van der Waals surface area contributed by atoms with E-state index in [4.69, 9.17) is 0 Å². The lowest BCUT2D eigenvalue weighted by molar-refractivity contribution is -0.134. The number of pyridine rings is 1. The molecule has 1 atom stereocenters. The summed E-state index contributed by atoms with van der Waals surface area (Å²) in [6, 6.07) is 7.70. The summed E-state index contributed by atoms with van der Waals surface area (Å²) in [6.07, 6.45) is 2.66. The fourth-order valence-corrected chi connectivity index (χ4v) is 2.97. The molecule has 0 aliphatic carbocycles. The number of halogens is 1. The fraction of sp³-hybridized carbons (Fsp3) is 0.214. The third-order valence-electron chi connectivity index (χ3n) is 3.33. The van der Waals surface area contributed by atoms with Crippen LogP contribution in [-0.2, 0) is 9.59 Å². The van der Waals surface area contributed by atoms with Gasteiger partial charge in [-0.05, 0) is 30.2 Å². The van der Waals surface area contributed by atoms with Gasteiger partial charge in [-0.1, -0.05) is 22.0 Å². The number of carbonyl (C=O) groups excluding carboxylic acids is 2. The topological polar surface area (TPSA) is 59.1 Å². The van der Waals surface area contributed by atoms with Crippen molar-refractivity contribution in [1.29, 1.82) is 0 Å². The largest absolute Gasteiger partial charge is 0.296 e. The van der Waals surface area contributed by atoms with Crippen molar-refractivity contribution in [3.63, 3.8) is 0 Å². The van der Waals surface area contributed by atoms with Crippen molar-refractivity contribution in [1.82, 2.24) is 10.3 Å². The standard InChI is InChI=1S/C14H11BrN2O2/c15-11-6-8(7-12-10(11)2-1-5-16-12)9-3-4-13(18)17-14(9)19/h1-2,5-7,9H,3-4H2,(H,17,18,19). The smallest absolute Gasteiger partial charge is 0.234 e. The number of piperidine rings is 1. The van der Waals surface area contributed by atoms with Crippen LogP contribution in [0.2, 0.25) is 0 Å². The summed E-state index contributed by atoms with van der Waals surface area (Å²) >= 11 is 3.51. The van der Waals surface area contributed by atoms with Gasteiger partial charge in [0.25, 0.3) is 0 Å². The summed E-state index contributed by atoms with van der Waals surface area (Å²) < 4.78 is 0.915. The first-order valence-corrected chi connectivity index (χ1v) is 6.82. The van der Waals surface area contributed by atoms with Crippen molar-refractivity contribution < 1.29 is 9.59 Å². The molecule has 0 saturated carbocycles. The highest BCUT2D eigenvalue weighted by Gasteiger charge is 2.28. The van der Waals surface area contributed by atoms with Crippen LogP contribution in [0.25, 0.3) is 10.9 Å². The molecule has 0 spiro atoms. The van der Waals surface area contributed by atoms with Crippen LogP contribution in [-0.4, -0.2) is 16.8 Å². The number of imide groups is 1. The van der Waals surface area contributed by atoms with E-state index in [0.717, 1.165) is 20.9 Å². The Hall–Kier alpha value is -1.75. The molecule has 0 radical (unpaired) electrons. The van der Waals surface area contributed by atoms with Crippen molar-refractivity contribution in [3.8, 4) is 0 Å². The molecule has 1 aliphatic rings. The number of hydrogen-bond donors (Lipinski definition) is 1. The molecule has 3 rings (SSSR count). The van der Waals surface area contributed by atoms with Crippen LogP contribution in [0, 0.1) is 0 Å². The first-order chi connectivity index (χ1) is 9.15. The molecular weight excluding hydrogens is 308 g/mol. The quantitative estimate of drug-likeness (QED) is 0.822. The number of aromatic nitrogens is 1. The zero-order valence-electron chi connectivity index (χ0n) is 10.0. The Balaban J connectivity index is 2.06. The van der Waals surface area contributed by atoms with Gasteiger partial charge in [-0.3, -0.25) is 19.9 Å². The van der Waals surface area contributed by atoms with Gasteiger partial charge in [-0.25, -0.2) is 0 Å². The first-order valence-electron chi connectivity index (χ1n) is 6.03. The summed E-state index contributed by atoms with van der Waals surface area (Å²) in [7, 11) is 0. The molecule has 1 aromatic heterocycles. The Labute approximate surface area is 118 Å². The van der Waals surface area contributed by atoms with Gasteiger partial charge < -0.3 is 0 Å². The van der Waals surface area contributed by atoms with Crippen molar-refractivity contribution in [2.24, 2.45) is 0 Å². The number of rotatable bonds is 1. The number of fused-ring (bicyclic) bond motifs is 1. The maximum atomic E-state index is 11.9. The van der Waals surface area contributed by atoms with Gasteiger partial charge in [0.2, 0.25) is 11.8 Å². The molecule has 2 aromatic rings. The molecule has 1 aliphatic heterocycles. The van der Waals surface area contributed by atoms with Crippen LogP contribution in [0.5, 0.6) is 0 Å². The molecule has 5 heteroatoms. The van der Waals surface area contributed by atoms with Crippen LogP contribution in [0.3, 0.4) is 0 Å². The van der Waals surface area contributed by atoms with E-state index in [1.54, 1.807) is 6.20 Å². The van der Waals surface area contributed by atoms with E-state index in [9.17, 15) is 9.59 Å². The van der Waals surface area contributed by atoms with Crippen molar-refractivity contribution in [2.45, 2.75) is 18.8 Å². The van der Waals surface area contributed by atoms with Crippen molar-refractivity contribution in [3.05, 3.63) is 40.5 Å². The van der Waals surface area contributed by atoms with Crippen LogP contribution < -0.4 is 5.32 Å². The number of benzene rings is 1. The van der Waals surface area contributed by atoms with E-state index in [1.807, 2.05) is 24.3 Å². The number of amides is 2. The highest BCUT2D eigenvalue weighted by Crippen LogP contribution is 2.31. The molecular formula is C14H11BrN2O2. The molecule has 96 valence electrons. The highest BCUT2D eigenvalue weighted by molar-refractivity contribution is 9.10. The predicted octanol–water partition coefficient (Wildman–Crippen LogP) is 2.52. The minimum Gasteiger partial charge on any atom is -0.296 e. The summed E-state index contributed by atoms with van der Waals surface area (Å²) in [5, 5.41) is 3.39. The van der Waals surface area contributed by atoms with Crippen molar-refractivity contribution in [2.75, 3.05) is 0 Å². The lowest BCUT2D eigenvalue weighted by Crippen LogP contribution is -2.39. The lowest BCUT2D eigenvalue weighted by Gasteiger charge is -2.21. The Morgan fingerprint density at radius 1 is 1.32 bits per heavy atom. The molecule has 1 saturated heterocycles. The monoisotopic (exact) mass is 318 g/mol. The summed E-state index contributed by atoms with van der Waals surface area (Å²) in [5.41, 5.74) is 1.74. The van der Waals surface area contributed by atoms with E-state index in [-0.39, 0.29) is 17.7 Å².